The predicted molar refractivity (Wildman–Crippen MR) is 195 cm³/mol. The number of H-pyrrole nitrogens is 1. The third kappa shape index (κ3) is 23.2. The summed E-state index contributed by atoms with van der Waals surface area (Å²) in [7, 11) is 0. The molecule has 0 saturated heterocycles. The van der Waals surface area contributed by atoms with Crippen LogP contribution in [0.4, 0.5) is 0 Å². The molecule has 3 rings (SSSR count). The van der Waals surface area contributed by atoms with E-state index in [1.807, 2.05) is 18.7 Å². The second-order valence-corrected chi connectivity index (χ2v) is 10.7. The Morgan fingerprint density at radius 1 is 0.962 bits per heavy atom. The van der Waals surface area contributed by atoms with E-state index in [0.29, 0.717) is 25.3 Å². The van der Waals surface area contributed by atoms with Gasteiger partial charge in [0.2, 0.25) is 12.5 Å². The molecule has 18 nitrogen and oxygen atoms in total. The van der Waals surface area contributed by atoms with Crippen molar-refractivity contribution in [3.05, 3.63) is 48.7 Å². The molecule has 1 aromatic rings. The van der Waals surface area contributed by atoms with Crippen LogP contribution in [0, 0.1) is 7.43 Å². The number of amides is 5. The van der Waals surface area contributed by atoms with Crippen molar-refractivity contribution in [3.63, 3.8) is 0 Å². The van der Waals surface area contributed by atoms with Crippen LogP contribution in [0.2, 0.25) is 0 Å². The first-order valence-electron chi connectivity index (χ1n) is 16.1. The minimum atomic E-state index is -0.972. The van der Waals surface area contributed by atoms with E-state index in [9.17, 15) is 28.8 Å². The van der Waals surface area contributed by atoms with Crippen molar-refractivity contribution < 1.29 is 79.0 Å². The number of fused-ring (bicyclic) bond motifs is 22. The molecule has 0 aliphatic carbocycles. The number of aliphatic carboxylic acids is 1. The molecule has 2 aliphatic rings. The molecule has 0 atom stereocenters. The van der Waals surface area contributed by atoms with Crippen LogP contribution in [-0.4, -0.2) is 134 Å². The first-order chi connectivity index (χ1) is 23.5. The standard InChI is InChI=1S/C30H42N8O8S.C2H6.CH3.2H2O.Zn/c1-3-21-20(2)36-19-25(40)32-12-17-46-18-13-35-29(45)23-8-7-22(30(47)37-23)28(44)34-11-16-38(15-10-33-27(21)43)14-9-31-24(39)5-4-6-26(41)42;1-2;;;;/h7-8H,1,4-6,9-19H2,2H3,(H,31,39)(H,32,40)(H,33,43)(H,34,44)(H,35,45)(H,37,47)(H,41,42);1-2H3;1H3;2*1H2;/q;;-1;;;+2/p+1. The number of hydrogen-bond acceptors (Lipinski definition) is 9. The third-order valence-corrected chi connectivity index (χ3v) is 7.09. The van der Waals surface area contributed by atoms with E-state index in [4.69, 9.17) is 22.5 Å². The summed E-state index contributed by atoms with van der Waals surface area (Å²) in [6, 6.07) is 2.91. The zero-order valence-electron chi connectivity index (χ0n) is 31.1. The van der Waals surface area contributed by atoms with Crippen LogP contribution in [0.3, 0.4) is 0 Å². The van der Waals surface area contributed by atoms with E-state index in [-0.39, 0.29) is 143 Å². The van der Waals surface area contributed by atoms with Gasteiger partial charge in [-0.1, -0.05) is 20.4 Å². The molecule has 3 heterocycles. The van der Waals surface area contributed by atoms with E-state index in [1.165, 1.54) is 12.1 Å². The SMILES string of the molecule is C=C=C1C(=O)NCCN(CCNC(=O)CCCC(=O)O)CCNC(=O)c2ccc([nH+]c2[S-])C(=O)NCCOCCNC(=O)C[NH+]=C1C.CC.O.O.[CH3-].[Zn+2]. The predicted octanol–water partition coefficient (Wildman–Crippen LogP) is -4.12. The van der Waals surface area contributed by atoms with Crippen LogP contribution < -0.4 is 36.6 Å². The van der Waals surface area contributed by atoms with Crippen molar-refractivity contribution in [2.45, 2.75) is 45.1 Å². The van der Waals surface area contributed by atoms with Gasteiger partial charge < -0.3 is 67.4 Å². The average Bonchev–Trinajstić information content (AvgIpc) is 3.07. The zero-order chi connectivity index (χ0) is 36.6. The number of pyridine rings is 1. The number of carbonyl (C=O) groups excluding carboxylic acids is 5. The number of nitrogens with zero attached hydrogens (tertiary/aromatic N) is 1. The molecule has 0 fully saturated rings. The van der Waals surface area contributed by atoms with Gasteiger partial charge in [0.15, 0.2) is 5.71 Å². The topological polar surface area (TPSA) is 286 Å². The Kier molecular flexibility index (Phi) is 34.1. The summed E-state index contributed by atoms with van der Waals surface area (Å²) in [5, 5.41) is 22.6. The van der Waals surface area contributed by atoms with Crippen LogP contribution in [0.1, 0.15) is 60.9 Å². The monoisotopic (exact) mass is 820 g/mol. The van der Waals surface area contributed by atoms with Crippen LogP contribution in [0.15, 0.2) is 35.0 Å². The summed E-state index contributed by atoms with van der Waals surface area (Å²) < 4.78 is 5.43. The van der Waals surface area contributed by atoms with E-state index in [0.717, 1.165) is 0 Å². The molecule has 12 N–H and O–H groups in total. The number of rotatable bonds is 7. The Labute approximate surface area is 329 Å². The van der Waals surface area contributed by atoms with Crippen LogP contribution in [0.5, 0.6) is 0 Å². The Balaban J connectivity index is -0.00000196. The Morgan fingerprint density at radius 3 is 2.13 bits per heavy atom. The fourth-order valence-corrected chi connectivity index (χ4v) is 4.52. The number of hydrogen-bond donors (Lipinski definition) is 7. The van der Waals surface area contributed by atoms with Crippen molar-refractivity contribution in [2.75, 3.05) is 72.1 Å². The molecule has 294 valence electrons. The number of ether oxygens (including phenoxy) is 1. The maximum atomic E-state index is 12.9. The average molecular weight is 822 g/mol. The molecule has 0 spiro atoms. The Morgan fingerprint density at radius 2 is 1.55 bits per heavy atom. The van der Waals surface area contributed by atoms with Gasteiger partial charge in [0.05, 0.1) is 23.8 Å². The molecule has 2 aliphatic heterocycles. The van der Waals surface area contributed by atoms with Gasteiger partial charge in [-0.05, 0) is 12.5 Å². The Bertz CT molecular complexity index is 1390. The number of carboxylic acid groups (broad SMARTS) is 1. The van der Waals surface area contributed by atoms with Crippen molar-refractivity contribution in [2.24, 2.45) is 0 Å². The quantitative estimate of drug-likeness (QED) is 0.0348. The van der Waals surface area contributed by atoms with Gasteiger partial charge >= 0.3 is 31.4 Å². The minimum absolute atomic E-state index is 0. The fraction of sp³-hybridized carbons (Fsp3) is 0.515. The summed E-state index contributed by atoms with van der Waals surface area (Å²) in [6.07, 6.45) is 0.200. The van der Waals surface area contributed by atoms with Gasteiger partial charge in [0.1, 0.15) is 5.57 Å². The summed E-state index contributed by atoms with van der Waals surface area (Å²) >= 11 is 5.31. The second-order valence-electron chi connectivity index (χ2n) is 10.3. The molecule has 1 aromatic heterocycles. The minimum Gasteiger partial charge on any atom is -0.710 e. The van der Waals surface area contributed by atoms with E-state index in [2.05, 4.69) is 48.9 Å². The fourth-order valence-electron chi connectivity index (χ4n) is 4.24. The van der Waals surface area contributed by atoms with Crippen molar-refractivity contribution in [1.29, 1.82) is 0 Å². The normalized spacial score (nSPS) is 15.2. The molecule has 20 heteroatoms. The number of carbonyl (C=O) groups is 6. The number of carboxylic acids is 1. The molecule has 0 radical (unpaired) electrons. The summed E-state index contributed by atoms with van der Waals surface area (Å²) in [5.41, 5.74) is 3.49. The van der Waals surface area contributed by atoms with Crippen LogP contribution in [-0.2, 0) is 56.0 Å². The number of nitrogens with one attached hydrogen (secondary N) is 7. The largest absolute Gasteiger partial charge is 2.00 e. The second kappa shape index (κ2) is 32.5. The summed E-state index contributed by atoms with van der Waals surface area (Å²) in [5.74, 6) is -2.90. The summed E-state index contributed by atoms with van der Waals surface area (Å²) in [4.78, 5) is 80.8. The molecular weight excluding hydrogens is 766 g/mol. The van der Waals surface area contributed by atoms with Gasteiger partial charge in [0.25, 0.3) is 23.4 Å². The molecule has 5 amide bonds. The molecule has 0 aromatic carbocycles. The first kappa shape index (κ1) is 55.6. The maximum absolute atomic E-state index is 12.9. The molecule has 53 heavy (non-hydrogen) atoms. The molecule has 2 bridgehead atoms. The number of aromatic amines is 1. The van der Waals surface area contributed by atoms with E-state index < -0.39 is 23.7 Å². The smallest absolute Gasteiger partial charge is 0.710 e. The number of aromatic nitrogens is 1. The van der Waals surface area contributed by atoms with Crippen molar-refractivity contribution in [3.8, 4) is 0 Å². The first-order valence-corrected chi connectivity index (χ1v) is 16.5. The van der Waals surface area contributed by atoms with Crippen LogP contribution in [0.25, 0.3) is 0 Å². The van der Waals surface area contributed by atoms with E-state index in [1.54, 1.807) is 6.92 Å². The van der Waals surface area contributed by atoms with Crippen LogP contribution >= 0.6 is 0 Å². The molecule has 0 unspecified atom stereocenters. The maximum Gasteiger partial charge on any atom is 2.00 e. The Hall–Kier alpha value is -4.16. The molecule has 0 saturated carbocycles. The summed E-state index contributed by atoms with van der Waals surface area (Å²) in [6.45, 7) is 11.7. The van der Waals surface area contributed by atoms with Gasteiger partial charge in [-0.25, -0.2) is 9.98 Å². The third-order valence-electron chi connectivity index (χ3n) is 6.76. The van der Waals surface area contributed by atoms with Gasteiger partial charge in [-0.15, -0.1) is 5.73 Å². The zero-order valence-corrected chi connectivity index (χ0v) is 34.9. The van der Waals surface area contributed by atoms with Gasteiger partial charge in [-0.3, -0.25) is 33.7 Å². The van der Waals surface area contributed by atoms with E-state index >= 15 is 0 Å². The van der Waals surface area contributed by atoms with Crippen molar-refractivity contribution >= 4 is 53.8 Å². The van der Waals surface area contributed by atoms with Gasteiger partial charge in [-0.2, -0.15) is 0 Å². The van der Waals surface area contributed by atoms with Crippen molar-refractivity contribution in [1.82, 2.24) is 31.5 Å². The van der Waals surface area contributed by atoms with Gasteiger partial charge in [0, 0.05) is 78.2 Å². The molecular formula is C33H56N8O10SZn+2.